The Kier molecular flexibility index (Phi) is 16.5. The van der Waals surface area contributed by atoms with Crippen molar-refractivity contribution in [1.82, 2.24) is 0 Å². The van der Waals surface area contributed by atoms with Gasteiger partial charge in [-0.1, -0.05) is 0 Å². The largest absolute Gasteiger partial charge is 0.428 e. The van der Waals surface area contributed by atoms with E-state index in [4.69, 9.17) is 0 Å². The summed E-state index contributed by atoms with van der Waals surface area (Å²) < 4.78 is 4.68. The molecule has 0 saturated heterocycles. The van der Waals surface area contributed by atoms with Crippen LogP contribution in [0.5, 0.6) is 0 Å². The molecule has 0 amide bonds. The summed E-state index contributed by atoms with van der Waals surface area (Å²) in [4.78, 5) is 0. The van der Waals surface area contributed by atoms with Crippen LogP contribution in [0.2, 0.25) is 0 Å². The second-order valence-corrected chi connectivity index (χ2v) is 1.15. The third-order valence-electron chi connectivity index (χ3n) is 0.289. The molecule has 0 heterocycles. The molecule has 0 aromatic rings. The average molecular weight is 124 g/mol. The van der Waals surface area contributed by atoms with E-state index in [9.17, 15) is 0 Å². The Balaban J connectivity index is 0. The zero-order valence-corrected chi connectivity index (χ0v) is 7.18. The zero-order valence-electron chi connectivity index (χ0n) is 3.62. The third-order valence-corrected chi connectivity index (χ3v) is 0.866. The van der Waals surface area contributed by atoms with E-state index in [1.54, 1.807) is 0 Å². The molecule has 0 aliphatic carbocycles. The minimum Gasteiger partial charge on any atom is -0.428 e. The summed E-state index contributed by atoms with van der Waals surface area (Å²) in [6, 6.07) is 0. The standard InChI is InChI=1S/C2H8OSi.Ti/c1-2-3-4;/h2H2,1,4H3;. The molecule has 0 atom stereocenters. The molecule has 0 aromatic carbocycles. The quantitative estimate of drug-likeness (QED) is 0.420. The third kappa shape index (κ3) is 11.4. The van der Waals surface area contributed by atoms with Gasteiger partial charge >= 0.3 is 0 Å². The van der Waals surface area contributed by atoms with E-state index in [0.717, 1.165) is 17.1 Å². The maximum absolute atomic E-state index is 4.68. The Morgan fingerprint density at radius 3 is 2.00 bits per heavy atom. The minimum absolute atomic E-state index is 0. The molecule has 0 radical (unpaired) electrons. The first-order valence-corrected chi connectivity index (χ1v) is 2.22. The molecule has 0 unspecified atom stereocenters. The molecule has 3 heteroatoms. The molecule has 0 N–H and O–H groups in total. The first-order chi connectivity index (χ1) is 1.91. The van der Waals surface area contributed by atoms with E-state index < -0.39 is 0 Å². The van der Waals surface area contributed by atoms with Gasteiger partial charge in [0.05, 0.1) is 0 Å². The van der Waals surface area contributed by atoms with Crippen LogP contribution in [0.25, 0.3) is 0 Å². The molecule has 0 aromatic heterocycles. The molecule has 1 nitrogen and oxygen atoms in total. The van der Waals surface area contributed by atoms with E-state index in [-0.39, 0.29) is 21.7 Å². The van der Waals surface area contributed by atoms with Crippen molar-refractivity contribution in [1.29, 1.82) is 0 Å². The molecule has 0 spiro atoms. The van der Waals surface area contributed by atoms with Crippen molar-refractivity contribution in [2.75, 3.05) is 6.61 Å². The minimum atomic E-state index is 0. The van der Waals surface area contributed by atoms with Crippen molar-refractivity contribution in [3.05, 3.63) is 0 Å². The van der Waals surface area contributed by atoms with Gasteiger partial charge in [0.15, 0.2) is 0 Å². The van der Waals surface area contributed by atoms with Crippen LogP contribution in [0.4, 0.5) is 0 Å². The monoisotopic (exact) mass is 124 g/mol. The van der Waals surface area contributed by atoms with Crippen LogP contribution in [-0.2, 0) is 26.1 Å². The fourth-order valence-corrected chi connectivity index (χ4v) is 0. The Morgan fingerprint density at radius 2 is 2.00 bits per heavy atom. The topological polar surface area (TPSA) is 9.23 Å². The molecule has 0 rings (SSSR count). The van der Waals surface area contributed by atoms with E-state index in [2.05, 4.69) is 4.43 Å². The first kappa shape index (κ1) is 9.31. The summed E-state index contributed by atoms with van der Waals surface area (Å²) in [7, 11) is 0.890. The molecule has 0 aliphatic heterocycles. The van der Waals surface area contributed by atoms with E-state index >= 15 is 0 Å². The molecule has 0 bridgehead atoms. The fourth-order valence-electron chi connectivity index (χ4n) is 0. The zero-order chi connectivity index (χ0) is 3.41. The Morgan fingerprint density at radius 1 is 1.80 bits per heavy atom. The smallest absolute Gasteiger partial charge is 0.145 e. The van der Waals surface area contributed by atoms with Crippen LogP contribution >= 0.6 is 0 Å². The second kappa shape index (κ2) is 8.86. The van der Waals surface area contributed by atoms with Gasteiger partial charge in [0.25, 0.3) is 0 Å². The summed E-state index contributed by atoms with van der Waals surface area (Å²) in [5.74, 6) is 0. The first-order valence-electron chi connectivity index (χ1n) is 1.40. The average Bonchev–Trinajstić information content (AvgIpc) is 1.37. The van der Waals surface area contributed by atoms with Gasteiger partial charge in [0.2, 0.25) is 0 Å². The van der Waals surface area contributed by atoms with Gasteiger partial charge in [-0.05, 0) is 6.92 Å². The molecule has 5 heavy (non-hydrogen) atoms. The predicted octanol–water partition coefficient (Wildman–Crippen LogP) is -0.699. The van der Waals surface area contributed by atoms with Gasteiger partial charge in [-0.3, -0.25) is 0 Å². The Labute approximate surface area is 50.5 Å². The van der Waals surface area contributed by atoms with Crippen LogP contribution < -0.4 is 0 Å². The van der Waals surface area contributed by atoms with Gasteiger partial charge in [0.1, 0.15) is 10.5 Å². The van der Waals surface area contributed by atoms with Gasteiger partial charge in [-0.15, -0.1) is 0 Å². The van der Waals surface area contributed by atoms with Crippen LogP contribution in [-0.4, -0.2) is 17.1 Å². The molecule has 0 saturated carbocycles. The van der Waals surface area contributed by atoms with Gasteiger partial charge in [0, 0.05) is 28.3 Å². The summed E-state index contributed by atoms with van der Waals surface area (Å²) >= 11 is 0. The molecule has 30 valence electrons. The van der Waals surface area contributed by atoms with Crippen molar-refractivity contribution < 1.29 is 26.1 Å². The maximum atomic E-state index is 4.68. The van der Waals surface area contributed by atoms with Crippen molar-refractivity contribution >= 4 is 10.5 Å². The summed E-state index contributed by atoms with van der Waals surface area (Å²) in [6.07, 6.45) is 0. The molecule has 0 aliphatic rings. The summed E-state index contributed by atoms with van der Waals surface area (Å²) in [5, 5.41) is 0. The van der Waals surface area contributed by atoms with Crippen LogP contribution in [0, 0.1) is 0 Å². The van der Waals surface area contributed by atoms with Crippen molar-refractivity contribution in [3.8, 4) is 0 Å². The maximum Gasteiger partial charge on any atom is 0.145 e. The molecular formula is C2H8OSiTi. The number of rotatable bonds is 1. The second-order valence-electron chi connectivity index (χ2n) is 0.577. The normalized spacial score (nSPS) is 6.60. The van der Waals surface area contributed by atoms with Crippen molar-refractivity contribution in [2.45, 2.75) is 6.92 Å². The fraction of sp³-hybridized carbons (Fsp3) is 1.00. The van der Waals surface area contributed by atoms with E-state index in [1.165, 1.54) is 0 Å². The van der Waals surface area contributed by atoms with Crippen LogP contribution in [0.15, 0.2) is 0 Å². The number of hydrogen-bond donors (Lipinski definition) is 0. The molecule has 0 fully saturated rings. The van der Waals surface area contributed by atoms with Crippen molar-refractivity contribution in [3.63, 3.8) is 0 Å². The summed E-state index contributed by atoms with van der Waals surface area (Å²) in [5.41, 5.74) is 0. The molecular weight excluding hydrogens is 116 g/mol. The van der Waals surface area contributed by atoms with Gasteiger partial charge < -0.3 is 4.43 Å². The van der Waals surface area contributed by atoms with Crippen molar-refractivity contribution in [2.24, 2.45) is 0 Å². The SMILES string of the molecule is CCO[SiH3].[Ti]. The van der Waals surface area contributed by atoms with Crippen LogP contribution in [0.1, 0.15) is 6.92 Å². The predicted molar refractivity (Wildman–Crippen MR) is 21.6 cm³/mol. The Bertz CT molecular complexity index is 11.6. The van der Waals surface area contributed by atoms with E-state index in [0.29, 0.717) is 0 Å². The van der Waals surface area contributed by atoms with Gasteiger partial charge in [-0.25, -0.2) is 0 Å². The van der Waals surface area contributed by atoms with Gasteiger partial charge in [-0.2, -0.15) is 0 Å². The Hall–Kier alpha value is 0.891. The summed E-state index contributed by atoms with van der Waals surface area (Å²) in [6.45, 7) is 2.87. The number of hydrogen-bond acceptors (Lipinski definition) is 1. The van der Waals surface area contributed by atoms with E-state index in [1.807, 2.05) is 6.92 Å². The van der Waals surface area contributed by atoms with Crippen LogP contribution in [0.3, 0.4) is 0 Å².